The number of likely N-dealkylation sites (tertiary alicyclic amines) is 1. The van der Waals surface area contributed by atoms with Crippen molar-refractivity contribution in [1.29, 1.82) is 0 Å². The van der Waals surface area contributed by atoms with Crippen LogP contribution in [0.25, 0.3) is 11.4 Å². The molecule has 1 aliphatic heterocycles. The number of amides is 1. The average Bonchev–Trinajstić information content (AvgIpc) is 3.45. The maximum absolute atomic E-state index is 12.6. The first kappa shape index (κ1) is 21.7. The number of hydrogen-bond donors (Lipinski definition) is 0. The molecule has 0 N–H and O–H groups in total. The van der Waals surface area contributed by atoms with E-state index in [0.717, 1.165) is 23.3 Å². The number of nitrogens with zero attached hydrogens (tertiary/aromatic N) is 3. The van der Waals surface area contributed by atoms with E-state index in [2.05, 4.69) is 10.1 Å². The monoisotopic (exact) mass is 437 g/mol. The molecular weight excluding hydrogens is 410 g/mol. The molecule has 1 unspecified atom stereocenters. The van der Waals surface area contributed by atoms with Crippen LogP contribution in [0, 0.1) is 0 Å². The van der Waals surface area contributed by atoms with Gasteiger partial charge in [-0.15, -0.1) is 0 Å². The molecule has 0 radical (unpaired) electrons. The van der Waals surface area contributed by atoms with Gasteiger partial charge in [-0.05, 0) is 48.7 Å². The van der Waals surface area contributed by atoms with Crippen molar-refractivity contribution >= 4 is 5.91 Å². The Labute approximate surface area is 187 Å². The van der Waals surface area contributed by atoms with Gasteiger partial charge in [-0.1, -0.05) is 24.2 Å². The molecule has 0 aliphatic carbocycles. The van der Waals surface area contributed by atoms with Crippen LogP contribution in [0.5, 0.6) is 17.2 Å². The van der Waals surface area contributed by atoms with Crippen LogP contribution in [0.15, 0.2) is 47.0 Å². The summed E-state index contributed by atoms with van der Waals surface area (Å²) in [5.41, 5.74) is 1.77. The minimum absolute atomic E-state index is 0.0738. The molecule has 1 aromatic heterocycles. The summed E-state index contributed by atoms with van der Waals surface area (Å²) in [7, 11) is 3.23. The number of ether oxygens (including phenoxy) is 3. The van der Waals surface area contributed by atoms with Crippen LogP contribution in [0.3, 0.4) is 0 Å². The Hall–Kier alpha value is -3.55. The summed E-state index contributed by atoms with van der Waals surface area (Å²) in [6.45, 7) is 3.14. The lowest BCUT2D eigenvalue weighted by Crippen LogP contribution is -2.27. The summed E-state index contributed by atoms with van der Waals surface area (Å²) in [6, 6.07) is 13.0. The molecule has 1 aliphatic rings. The highest BCUT2D eigenvalue weighted by atomic mass is 16.5. The van der Waals surface area contributed by atoms with Crippen LogP contribution < -0.4 is 14.2 Å². The maximum Gasteiger partial charge on any atom is 0.249 e. The zero-order chi connectivity index (χ0) is 22.5. The fraction of sp³-hybridized carbons (Fsp3) is 0.375. The Morgan fingerprint density at radius 1 is 1.09 bits per heavy atom. The predicted molar refractivity (Wildman–Crippen MR) is 118 cm³/mol. The summed E-state index contributed by atoms with van der Waals surface area (Å²) >= 11 is 0. The van der Waals surface area contributed by atoms with Gasteiger partial charge in [0.05, 0.1) is 20.8 Å². The first-order valence-electron chi connectivity index (χ1n) is 10.7. The Morgan fingerprint density at radius 3 is 2.62 bits per heavy atom. The van der Waals surface area contributed by atoms with Crippen molar-refractivity contribution < 1.29 is 23.5 Å². The largest absolute Gasteiger partial charge is 0.497 e. The van der Waals surface area contributed by atoms with E-state index in [1.165, 1.54) is 0 Å². The van der Waals surface area contributed by atoms with Gasteiger partial charge in [0.1, 0.15) is 11.8 Å². The fourth-order valence-corrected chi connectivity index (χ4v) is 3.74. The van der Waals surface area contributed by atoms with Crippen molar-refractivity contribution in [3.63, 3.8) is 0 Å². The van der Waals surface area contributed by atoms with E-state index in [4.69, 9.17) is 18.7 Å². The van der Waals surface area contributed by atoms with Gasteiger partial charge < -0.3 is 23.6 Å². The van der Waals surface area contributed by atoms with Crippen LogP contribution in [0.1, 0.15) is 43.7 Å². The van der Waals surface area contributed by atoms with E-state index in [-0.39, 0.29) is 11.9 Å². The number of carbonyl (C=O) groups is 1. The molecule has 1 saturated heterocycles. The zero-order valence-corrected chi connectivity index (χ0v) is 18.5. The second kappa shape index (κ2) is 9.72. The quantitative estimate of drug-likeness (QED) is 0.490. The molecule has 4 rings (SSSR count). The van der Waals surface area contributed by atoms with Gasteiger partial charge in [0, 0.05) is 18.5 Å². The molecule has 2 aromatic carbocycles. The highest BCUT2D eigenvalue weighted by molar-refractivity contribution is 5.79. The lowest BCUT2D eigenvalue weighted by Gasteiger charge is -2.22. The molecule has 0 bridgehead atoms. The van der Waals surface area contributed by atoms with Crippen LogP contribution in [0.2, 0.25) is 0 Å². The van der Waals surface area contributed by atoms with Crippen molar-refractivity contribution in [3.05, 3.63) is 53.9 Å². The molecule has 8 nitrogen and oxygen atoms in total. The molecular formula is C24H27N3O5. The van der Waals surface area contributed by atoms with Gasteiger partial charge in [-0.2, -0.15) is 4.98 Å². The van der Waals surface area contributed by atoms with Crippen LogP contribution in [0.4, 0.5) is 0 Å². The topological polar surface area (TPSA) is 86.9 Å². The van der Waals surface area contributed by atoms with E-state index in [0.29, 0.717) is 49.2 Å². The fourth-order valence-electron chi connectivity index (χ4n) is 3.74. The van der Waals surface area contributed by atoms with Gasteiger partial charge in [-0.25, -0.2) is 0 Å². The molecule has 32 heavy (non-hydrogen) atoms. The Morgan fingerprint density at radius 2 is 1.91 bits per heavy atom. The minimum Gasteiger partial charge on any atom is -0.497 e. The lowest BCUT2D eigenvalue weighted by atomic mass is 10.1. The Kier molecular flexibility index (Phi) is 6.58. The smallest absolute Gasteiger partial charge is 0.249 e. The zero-order valence-electron chi connectivity index (χ0n) is 18.5. The van der Waals surface area contributed by atoms with Crippen molar-refractivity contribution in [3.8, 4) is 28.6 Å². The second-order valence-electron chi connectivity index (χ2n) is 7.59. The summed E-state index contributed by atoms with van der Waals surface area (Å²) in [5, 5.41) is 4.15. The molecule has 1 fully saturated rings. The average molecular weight is 437 g/mol. The predicted octanol–water partition coefficient (Wildman–Crippen LogP) is 4.41. The second-order valence-corrected chi connectivity index (χ2v) is 7.59. The summed E-state index contributed by atoms with van der Waals surface area (Å²) in [5.74, 6) is 3.02. The molecule has 1 atom stereocenters. The van der Waals surface area contributed by atoms with E-state index < -0.39 is 0 Å². The van der Waals surface area contributed by atoms with Gasteiger partial charge in [0.25, 0.3) is 0 Å². The third kappa shape index (κ3) is 4.54. The molecule has 0 saturated carbocycles. The number of hydrogen-bond acceptors (Lipinski definition) is 7. The van der Waals surface area contributed by atoms with Crippen molar-refractivity contribution in [2.24, 2.45) is 0 Å². The molecule has 8 heteroatoms. The van der Waals surface area contributed by atoms with Gasteiger partial charge in [-0.3, -0.25) is 4.79 Å². The normalized spacial score (nSPS) is 15.8. The van der Waals surface area contributed by atoms with E-state index in [1.807, 2.05) is 49.4 Å². The molecule has 1 amide bonds. The number of rotatable bonds is 9. The number of aromatic nitrogens is 2. The summed E-state index contributed by atoms with van der Waals surface area (Å²) in [6.07, 6.45) is 2.01. The van der Waals surface area contributed by atoms with Crippen LogP contribution in [-0.2, 0) is 11.3 Å². The van der Waals surface area contributed by atoms with Crippen LogP contribution in [-0.4, -0.2) is 41.8 Å². The standard InChI is InChI=1S/C24H27N3O5/c1-4-13-31-20-11-7-17(14-21(20)30-3)23-25-24(32-26-23)19-10-12-22(28)27(19)15-16-5-8-18(29-2)9-6-16/h5-9,11,14,19H,4,10,12-13,15H2,1-3H3. The van der Waals surface area contributed by atoms with Crippen molar-refractivity contribution in [2.75, 3.05) is 20.8 Å². The van der Waals surface area contributed by atoms with Gasteiger partial charge in [0.2, 0.25) is 17.6 Å². The molecule has 168 valence electrons. The third-order valence-corrected chi connectivity index (χ3v) is 5.45. The van der Waals surface area contributed by atoms with Crippen molar-refractivity contribution in [2.45, 2.75) is 38.8 Å². The van der Waals surface area contributed by atoms with Crippen LogP contribution >= 0.6 is 0 Å². The third-order valence-electron chi connectivity index (χ3n) is 5.45. The number of benzene rings is 2. The lowest BCUT2D eigenvalue weighted by molar-refractivity contribution is -0.129. The van der Waals surface area contributed by atoms with Gasteiger partial charge >= 0.3 is 0 Å². The minimum atomic E-state index is -0.250. The maximum atomic E-state index is 12.6. The highest BCUT2D eigenvalue weighted by Gasteiger charge is 2.36. The number of carbonyl (C=O) groups excluding carboxylic acids is 1. The molecule has 0 spiro atoms. The first-order chi connectivity index (χ1) is 15.6. The van der Waals surface area contributed by atoms with Gasteiger partial charge in [0.15, 0.2) is 11.5 Å². The van der Waals surface area contributed by atoms with E-state index >= 15 is 0 Å². The van der Waals surface area contributed by atoms with E-state index in [1.54, 1.807) is 19.1 Å². The first-order valence-corrected chi connectivity index (χ1v) is 10.7. The van der Waals surface area contributed by atoms with Crippen molar-refractivity contribution in [1.82, 2.24) is 15.0 Å². The molecule has 3 aromatic rings. The SMILES string of the molecule is CCCOc1ccc(-c2noc(C3CCC(=O)N3Cc3ccc(OC)cc3)n2)cc1OC. The Balaban J connectivity index is 1.53. The summed E-state index contributed by atoms with van der Waals surface area (Å²) in [4.78, 5) is 18.9. The molecule has 2 heterocycles. The van der Waals surface area contributed by atoms with E-state index in [9.17, 15) is 4.79 Å². The highest BCUT2D eigenvalue weighted by Crippen LogP contribution is 2.36. The summed E-state index contributed by atoms with van der Waals surface area (Å²) < 4.78 is 21.9. The number of methoxy groups -OCH3 is 2. The Bertz CT molecular complexity index is 1060.